The van der Waals surface area contributed by atoms with Crippen LogP contribution >= 0.6 is 0 Å². The fraction of sp³-hybridized carbons (Fsp3) is 0.368. The van der Waals surface area contributed by atoms with Crippen LogP contribution in [0.2, 0.25) is 0 Å². The van der Waals surface area contributed by atoms with E-state index in [4.69, 9.17) is 10.2 Å². The van der Waals surface area contributed by atoms with Crippen molar-refractivity contribution in [2.75, 3.05) is 13.1 Å². The minimum absolute atomic E-state index is 0.0446. The molecule has 0 atom stereocenters. The van der Waals surface area contributed by atoms with Crippen molar-refractivity contribution in [2.45, 2.75) is 25.9 Å². The van der Waals surface area contributed by atoms with Crippen molar-refractivity contribution in [1.29, 1.82) is 0 Å². The van der Waals surface area contributed by atoms with E-state index in [0.29, 0.717) is 12.1 Å². The predicted octanol–water partition coefficient (Wildman–Crippen LogP) is 1.91. The minimum atomic E-state index is -0.409. The number of likely N-dealkylation sites (tertiary alicyclic amines) is 1. The third-order valence-corrected chi connectivity index (χ3v) is 4.59. The van der Waals surface area contributed by atoms with Gasteiger partial charge in [0, 0.05) is 18.0 Å². The Labute approximate surface area is 147 Å². The summed E-state index contributed by atoms with van der Waals surface area (Å²) in [6.45, 7) is 2.92. The third kappa shape index (κ3) is 4.70. The van der Waals surface area contributed by atoms with Crippen LogP contribution in [-0.2, 0) is 17.9 Å². The molecule has 2 aromatic rings. The van der Waals surface area contributed by atoms with Gasteiger partial charge < -0.3 is 15.5 Å². The SMILES string of the molecule is NC(=O)c1cccc(CN2CCC(C(=O)NCc3ccco3)CC2)c1. The van der Waals surface area contributed by atoms with Gasteiger partial charge in [0.05, 0.1) is 12.8 Å². The van der Waals surface area contributed by atoms with Crippen molar-refractivity contribution < 1.29 is 14.0 Å². The average Bonchev–Trinajstić information content (AvgIpc) is 3.14. The first-order chi connectivity index (χ1) is 12.1. The van der Waals surface area contributed by atoms with Crippen LogP contribution in [0.1, 0.15) is 34.5 Å². The fourth-order valence-corrected chi connectivity index (χ4v) is 3.17. The Morgan fingerprint density at radius 2 is 2.00 bits per heavy atom. The first kappa shape index (κ1) is 17.2. The Balaban J connectivity index is 1.46. The second-order valence-corrected chi connectivity index (χ2v) is 6.41. The molecule has 0 aliphatic carbocycles. The number of rotatable bonds is 6. The van der Waals surface area contributed by atoms with Crippen LogP contribution in [0.15, 0.2) is 47.1 Å². The Kier molecular flexibility index (Phi) is 5.50. The van der Waals surface area contributed by atoms with E-state index in [9.17, 15) is 9.59 Å². The highest BCUT2D eigenvalue weighted by molar-refractivity contribution is 5.92. The van der Waals surface area contributed by atoms with Gasteiger partial charge in [0.1, 0.15) is 5.76 Å². The van der Waals surface area contributed by atoms with E-state index in [-0.39, 0.29) is 11.8 Å². The molecule has 132 valence electrons. The number of piperidine rings is 1. The largest absolute Gasteiger partial charge is 0.467 e. The summed E-state index contributed by atoms with van der Waals surface area (Å²) in [5.41, 5.74) is 6.93. The summed E-state index contributed by atoms with van der Waals surface area (Å²) >= 11 is 0. The van der Waals surface area contributed by atoms with E-state index in [2.05, 4.69) is 10.2 Å². The quantitative estimate of drug-likeness (QED) is 0.840. The van der Waals surface area contributed by atoms with Gasteiger partial charge in [0.2, 0.25) is 11.8 Å². The lowest BCUT2D eigenvalue weighted by Crippen LogP contribution is -2.40. The monoisotopic (exact) mass is 341 g/mol. The van der Waals surface area contributed by atoms with Gasteiger partial charge >= 0.3 is 0 Å². The number of hydrogen-bond acceptors (Lipinski definition) is 4. The number of hydrogen-bond donors (Lipinski definition) is 2. The second-order valence-electron chi connectivity index (χ2n) is 6.41. The first-order valence-corrected chi connectivity index (χ1v) is 8.53. The number of carbonyl (C=O) groups is 2. The number of amides is 2. The van der Waals surface area contributed by atoms with Gasteiger partial charge in [0.25, 0.3) is 0 Å². The molecule has 2 heterocycles. The van der Waals surface area contributed by atoms with Crippen LogP contribution in [0.25, 0.3) is 0 Å². The zero-order valence-electron chi connectivity index (χ0n) is 14.1. The van der Waals surface area contributed by atoms with Gasteiger partial charge in [-0.2, -0.15) is 0 Å². The van der Waals surface area contributed by atoms with Crippen LogP contribution in [0, 0.1) is 5.92 Å². The number of nitrogens with zero attached hydrogens (tertiary/aromatic N) is 1. The molecule has 0 spiro atoms. The zero-order chi connectivity index (χ0) is 17.6. The lowest BCUT2D eigenvalue weighted by atomic mass is 9.95. The molecule has 0 unspecified atom stereocenters. The van der Waals surface area contributed by atoms with Crippen LogP contribution in [0.5, 0.6) is 0 Å². The van der Waals surface area contributed by atoms with E-state index >= 15 is 0 Å². The van der Waals surface area contributed by atoms with Gasteiger partial charge in [-0.25, -0.2) is 0 Å². The maximum Gasteiger partial charge on any atom is 0.248 e. The number of nitrogens with one attached hydrogen (secondary N) is 1. The first-order valence-electron chi connectivity index (χ1n) is 8.53. The number of carbonyl (C=O) groups excluding carboxylic acids is 2. The normalized spacial score (nSPS) is 15.8. The molecule has 2 amide bonds. The van der Waals surface area contributed by atoms with Gasteiger partial charge in [0.15, 0.2) is 0 Å². The maximum absolute atomic E-state index is 12.3. The lowest BCUT2D eigenvalue weighted by molar-refractivity contribution is -0.126. The smallest absolute Gasteiger partial charge is 0.248 e. The van der Waals surface area contributed by atoms with Gasteiger partial charge in [-0.05, 0) is 55.8 Å². The molecular formula is C19H23N3O3. The molecule has 1 aliphatic rings. The molecule has 1 aliphatic heterocycles. The lowest BCUT2D eigenvalue weighted by Gasteiger charge is -2.31. The maximum atomic E-state index is 12.3. The Morgan fingerprint density at radius 1 is 1.20 bits per heavy atom. The van der Waals surface area contributed by atoms with Crippen molar-refractivity contribution in [1.82, 2.24) is 10.2 Å². The number of furan rings is 1. The van der Waals surface area contributed by atoms with Crippen molar-refractivity contribution in [3.63, 3.8) is 0 Å². The summed E-state index contributed by atoms with van der Waals surface area (Å²) in [5, 5.41) is 2.94. The second kappa shape index (κ2) is 7.98. The predicted molar refractivity (Wildman–Crippen MR) is 93.5 cm³/mol. The zero-order valence-corrected chi connectivity index (χ0v) is 14.1. The summed E-state index contributed by atoms with van der Waals surface area (Å²) in [4.78, 5) is 25.8. The molecule has 1 aromatic carbocycles. The molecule has 0 saturated carbocycles. The van der Waals surface area contributed by atoms with Crippen LogP contribution in [-0.4, -0.2) is 29.8 Å². The summed E-state index contributed by atoms with van der Waals surface area (Å²) < 4.78 is 5.23. The van der Waals surface area contributed by atoms with Crippen molar-refractivity contribution in [2.24, 2.45) is 11.7 Å². The highest BCUT2D eigenvalue weighted by Gasteiger charge is 2.25. The highest BCUT2D eigenvalue weighted by atomic mass is 16.3. The Hall–Kier alpha value is -2.60. The molecule has 1 saturated heterocycles. The molecule has 1 aromatic heterocycles. The number of benzene rings is 1. The molecule has 25 heavy (non-hydrogen) atoms. The van der Waals surface area contributed by atoms with Gasteiger partial charge in [-0.3, -0.25) is 14.5 Å². The standard InChI is InChI=1S/C19H23N3O3/c20-18(23)16-4-1-3-14(11-16)13-22-8-6-15(7-9-22)19(24)21-12-17-5-2-10-25-17/h1-5,10-11,15H,6-9,12-13H2,(H2,20,23)(H,21,24). The molecule has 3 N–H and O–H groups in total. The molecule has 1 fully saturated rings. The topological polar surface area (TPSA) is 88.6 Å². The molecule has 6 heteroatoms. The highest BCUT2D eigenvalue weighted by Crippen LogP contribution is 2.20. The molecule has 0 radical (unpaired) electrons. The Morgan fingerprint density at radius 3 is 2.68 bits per heavy atom. The Bertz CT molecular complexity index is 719. The van der Waals surface area contributed by atoms with E-state index in [1.54, 1.807) is 12.3 Å². The van der Waals surface area contributed by atoms with Gasteiger partial charge in [-0.15, -0.1) is 0 Å². The van der Waals surface area contributed by atoms with E-state index in [0.717, 1.165) is 43.8 Å². The van der Waals surface area contributed by atoms with Crippen molar-refractivity contribution in [3.05, 3.63) is 59.5 Å². The van der Waals surface area contributed by atoms with Crippen molar-refractivity contribution in [3.8, 4) is 0 Å². The summed E-state index contributed by atoms with van der Waals surface area (Å²) in [7, 11) is 0. The van der Waals surface area contributed by atoms with Crippen molar-refractivity contribution >= 4 is 11.8 Å². The van der Waals surface area contributed by atoms with E-state index < -0.39 is 5.91 Å². The van der Waals surface area contributed by atoms with E-state index in [1.807, 2.05) is 30.3 Å². The number of nitrogens with two attached hydrogens (primary N) is 1. The summed E-state index contributed by atoms with van der Waals surface area (Å²) in [5.74, 6) is 0.490. The van der Waals surface area contributed by atoms with Gasteiger partial charge in [-0.1, -0.05) is 12.1 Å². The average molecular weight is 341 g/mol. The van der Waals surface area contributed by atoms with Crippen LogP contribution in [0.4, 0.5) is 0 Å². The van der Waals surface area contributed by atoms with E-state index in [1.165, 1.54) is 0 Å². The third-order valence-electron chi connectivity index (χ3n) is 4.59. The molecule has 0 bridgehead atoms. The number of primary amides is 1. The summed E-state index contributed by atoms with van der Waals surface area (Å²) in [6.07, 6.45) is 3.27. The molecule has 3 rings (SSSR count). The minimum Gasteiger partial charge on any atom is -0.467 e. The molecular weight excluding hydrogens is 318 g/mol. The summed E-state index contributed by atoms with van der Waals surface area (Å²) in [6, 6.07) is 11.1. The van der Waals surface area contributed by atoms with Crippen LogP contribution in [0.3, 0.4) is 0 Å². The van der Waals surface area contributed by atoms with Crippen LogP contribution < -0.4 is 11.1 Å². The molecule has 6 nitrogen and oxygen atoms in total. The fourth-order valence-electron chi connectivity index (χ4n) is 3.17.